The van der Waals surface area contributed by atoms with E-state index in [1.54, 1.807) is 6.92 Å². The fourth-order valence-electron chi connectivity index (χ4n) is 2.50. The van der Waals surface area contributed by atoms with Crippen LogP contribution in [0.15, 0.2) is 4.99 Å². The predicted octanol–water partition coefficient (Wildman–Crippen LogP) is 0.659. The summed E-state index contributed by atoms with van der Waals surface area (Å²) in [6, 6.07) is -0.215. The maximum absolute atomic E-state index is 11.2. The van der Waals surface area contributed by atoms with Crippen LogP contribution >= 0.6 is 0 Å². The van der Waals surface area contributed by atoms with Gasteiger partial charge in [-0.3, -0.25) is 9.59 Å². The Kier molecular flexibility index (Phi) is 4.27. The van der Waals surface area contributed by atoms with E-state index in [2.05, 4.69) is 4.99 Å². The van der Waals surface area contributed by atoms with Crippen LogP contribution in [0.4, 0.5) is 0 Å². The van der Waals surface area contributed by atoms with Crippen molar-refractivity contribution in [2.75, 3.05) is 6.61 Å². The molecule has 2 rings (SSSR count). The molecule has 0 aromatic heterocycles. The van der Waals surface area contributed by atoms with E-state index in [9.17, 15) is 9.59 Å². The van der Waals surface area contributed by atoms with Crippen LogP contribution in [0.2, 0.25) is 0 Å². The summed E-state index contributed by atoms with van der Waals surface area (Å²) in [4.78, 5) is 26.5. The van der Waals surface area contributed by atoms with Crippen molar-refractivity contribution in [3.05, 3.63) is 0 Å². The summed E-state index contributed by atoms with van der Waals surface area (Å²) in [5, 5.41) is 0. The highest BCUT2D eigenvalue weighted by molar-refractivity contribution is 5.75. The molecule has 0 amide bonds. The molecule has 20 heavy (non-hydrogen) atoms. The van der Waals surface area contributed by atoms with Crippen molar-refractivity contribution in [1.29, 1.82) is 0 Å². The summed E-state index contributed by atoms with van der Waals surface area (Å²) in [5.41, 5.74) is 0. The van der Waals surface area contributed by atoms with Gasteiger partial charge in [-0.15, -0.1) is 0 Å². The topological polar surface area (TPSA) is 83.4 Å². The SMILES string of the molecule is CC(=O)OCC1OC2OC(C)=N[C@H]2[C@@H](C)[C@H]1OC(C)=O. The van der Waals surface area contributed by atoms with Crippen LogP contribution in [0, 0.1) is 5.92 Å². The molecule has 0 aromatic rings. The lowest BCUT2D eigenvalue weighted by Gasteiger charge is -2.40. The lowest BCUT2D eigenvalue weighted by atomic mass is 9.89. The number of carbonyl (C=O) groups is 2. The number of aliphatic imine (C=N–C) groups is 1. The lowest BCUT2D eigenvalue weighted by Crippen LogP contribution is -2.54. The molecule has 0 N–H and O–H groups in total. The number of fused-ring (bicyclic) bond motifs is 1. The minimum absolute atomic E-state index is 0.0171. The van der Waals surface area contributed by atoms with Crippen LogP contribution in [-0.4, -0.2) is 49.0 Å². The van der Waals surface area contributed by atoms with E-state index in [-0.39, 0.29) is 18.6 Å². The van der Waals surface area contributed by atoms with Gasteiger partial charge in [-0.2, -0.15) is 0 Å². The van der Waals surface area contributed by atoms with Crippen LogP contribution in [0.3, 0.4) is 0 Å². The van der Waals surface area contributed by atoms with E-state index in [0.717, 1.165) is 0 Å². The second-order valence-electron chi connectivity index (χ2n) is 5.04. The van der Waals surface area contributed by atoms with Crippen LogP contribution in [-0.2, 0) is 28.5 Å². The zero-order valence-corrected chi connectivity index (χ0v) is 12.0. The third-order valence-electron chi connectivity index (χ3n) is 3.38. The summed E-state index contributed by atoms with van der Waals surface area (Å²) < 4.78 is 21.5. The number of rotatable bonds is 3. The molecule has 5 atom stereocenters. The summed E-state index contributed by atoms with van der Waals surface area (Å²) in [6.07, 6.45) is -1.59. The molecule has 7 heteroatoms. The first-order valence-corrected chi connectivity index (χ1v) is 6.55. The second-order valence-corrected chi connectivity index (χ2v) is 5.04. The van der Waals surface area contributed by atoms with Crippen molar-refractivity contribution in [2.45, 2.75) is 52.2 Å². The first kappa shape index (κ1) is 14.8. The van der Waals surface area contributed by atoms with Crippen molar-refractivity contribution < 1.29 is 28.5 Å². The maximum Gasteiger partial charge on any atom is 0.303 e. The number of carbonyl (C=O) groups excluding carboxylic acids is 2. The summed E-state index contributed by atoms with van der Waals surface area (Å²) in [6.45, 7) is 6.33. The van der Waals surface area contributed by atoms with Gasteiger partial charge in [0.25, 0.3) is 0 Å². The van der Waals surface area contributed by atoms with Crippen LogP contribution in [0.1, 0.15) is 27.7 Å². The minimum atomic E-state index is -0.555. The number of nitrogens with zero attached hydrogens (tertiary/aromatic N) is 1. The molecule has 2 aliphatic rings. The average Bonchev–Trinajstić information content (AvgIpc) is 2.71. The Morgan fingerprint density at radius 2 is 2.00 bits per heavy atom. The van der Waals surface area contributed by atoms with Gasteiger partial charge < -0.3 is 18.9 Å². The molecule has 0 bridgehead atoms. The second kappa shape index (κ2) is 5.78. The number of esters is 2. The predicted molar refractivity (Wildman–Crippen MR) is 68.0 cm³/mol. The van der Waals surface area contributed by atoms with Gasteiger partial charge in [0.2, 0.25) is 6.29 Å². The Labute approximate surface area is 117 Å². The van der Waals surface area contributed by atoms with Gasteiger partial charge in [0.1, 0.15) is 24.9 Å². The monoisotopic (exact) mass is 285 g/mol. The van der Waals surface area contributed by atoms with Gasteiger partial charge in [0, 0.05) is 26.7 Å². The Morgan fingerprint density at radius 3 is 2.60 bits per heavy atom. The van der Waals surface area contributed by atoms with E-state index in [1.165, 1.54) is 13.8 Å². The highest BCUT2D eigenvalue weighted by atomic mass is 16.7. The van der Waals surface area contributed by atoms with Crippen molar-refractivity contribution in [1.82, 2.24) is 0 Å². The van der Waals surface area contributed by atoms with Gasteiger partial charge >= 0.3 is 11.9 Å². The molecular weight excluding hydrogens is 266 g/mol. The zero-order chi connectivity index (χ0) is 14.9. The molecular formula is C13H19NO6. The molecule has 7 nitrogen and oxygen atoms in total. The first-order chi connectivity index (χ1) is 9.38. The zero-order valence-electron chi connectivity index (χ0n) is 12.0. The van der Waals surface area contributed by atoms with Gasteiger partial charge in [0.05, 0.1) is 0 Å². The van der Waals surface area contributed by atoms with Crippen molar-refractivity contribution in [3.8, 4) is 0 Å². The summed E-state index contributed by atoms with van der Waals surface area (Å²) in [5.74, 6) is -0.363. The first-order valence-electron chi connectivity index (χ1n) is 6.55. The molecule has 112 valence electrons. The highest BCUT2D eigenvalue weighted by Crippen LogP contribution is 2.34. The number of hydrogen-bond acceptors (Lipinski definition) is 7. The summed E-state index contributed by atoms with van der Waals surface area (Å²) >= 11 is 0. The van der Waals surface area contributed by atoms with Gasteiger partial charge in [-0.1, -0.05) is 6.92 Å². The van der Waals surface area contributed by atoms with E-state index in [1.807, 2.05) is 6.92 Å². The Balaban J connectivity index is 2.12. The molecule has 0 saturated carbocycles. The Bertz CT molecular complexity index is 435. The normalized spacial score (nSPS) is 35.6. The fraction of sp³-hybridized carbons (Fsp3) is 0.769. The number of hydrogen-bond donors (Lipinski definition) is 0. The van der Waals surface area contributed by atoms with Gasteiger partial charge in [-0.05, 0) is 0 Å². The third-order valence-corrected chi connectivity index (χ3v) is 3.38. The molecule has 2 aliphatic heterocycles. The van der Waals surface area contributed by atoms with E-state index >= 15 is 0 Å². The van der Waals surface area contributed by atoms with E-state index < -0.39 is 30.4 Å². The van der Waals surface area contributed by atoms with Crippen LogP contribution in [0.5, 0.6) is 0 Å². The van der Waals surface area contributed by atoms with E-state index in [4.69, 9.17) is 18.9 Å². The standard InChI is InChI=1S/C13H19NO6/c1-6-11-13(18-7(2)14-11)20-10(5-17-8(3)15)12(6)19-9(4)16/h6,10-13H,5H2,1-4H3/t6-,10?,11+,12-,13?/m1/s1. The average molecular weight is 285 g/mol. The maximum atomic E-state index is 11.2. The third kappa shape index (κ3) is 3.09. The minimum Gasteiger partial charge on any atom is -0.463 e. The van der Waals surface area contributed by atoms with Crippen molar-refractivity contribution in [3.63, 3.8) is 0 Å². The quantitative estimate of drug-likeness (QED) is 0.708. The molecule has 2 unspecified atom stereocenters. The molecule has 0 radical (unpaired) electrons. The molecule has 1 fully saturated rings. The fourth-order valence-corrected chi connectivity index (χ4v) is 2.50. The van der Waals surface area contributed by atoms with E-state index in [0.29, 0.717) is 5.90 Å². The largest absolute Gasteiger partial charge is 0.463 e. The highest BCUT2D eigenvalue weighted by Gasteiger charge is 2.49. The van der Waals surface area contributed by atoms with Crippen LogP contribution < -0.4 is 0 Å². The van der Waals surface area contributed by atoms with Gasteiger partial charge in [-0.25, -0.2) is 4.99 Å². The molecule has 0 spiro atoms. The number of ether oxygens (including phenoxy) is 4. The molecule has 2 heterocycles. The molecule has 0 aliphatic carbocycles. The van der Waals surface area contributed by atoms with Crippen molar-refractivity contribution in [2.24, 2.45) is 10.9 Å². The van der Waals surface area contributed by atoms with Gasteiger partial charge in [0.15, 0.2) is 5.90 Å². The lowest BCUT2D eigenvalue weighted by molar-refractivity contribution is -0.230. The Hall–Kier alpha value is -1.63. The Morgan fingerprint density at radius 1 is 1.30 bits per heavy atom. The van der Waals surface area contributed by atoms with Crippen molar-refractivity contribution >= 4 is 17.8 Å². The van der Waals surface area contributed by atoms with Crippen LogP contribution in [0.25, 0.3) is 0 Å². The molecule has 0 aromatic carbocycles. The smallest absolute Gasteiger partial charge is 0.303 e. The molecule has 1 saturated heterocycles. The summed E-state index contributed by atoms with van der Waals surface area (Å²) in [7, 11) is 0.